The molecule has 1 atom stereocenters. The third kappa shape index (κ3) is 3.76. The predicted octanol–water partition coefficient (Wildman–Crippen LogP) is 3.68. The average Bonchev–Trinajstić information content (AvgIpc) is 2.84. The number of nitrogens with one attached hydrogen (secondary N) is 1. The molecule has 2 rings (SSSR count). The van der Waals surface area contributed by atoms with Gasteiger partial charge in [0.25, 0.3) is 0 Å². The van der Waals surface area contributed by atoms with Crippen molar-refractivity contribution in [3.63, 3.8) is 0 Å². The van der Waals surface area contributed by atoms with Crippen molar-refractivity contribution < 1.29 is 0 Å². The van der Waals surface area contributed by atoms with Crippen LogP contribution >= 0.6 is 11.8 Å². The molecule has 0 aliphatic rings. The minimum atomic E-state index is 0.541. The van der Waals surface area contributed by atoms with Gasteiger partial charge in [0.15, 0.2) is 0 Å². The quantitative estimate of drug-likeness (QED) is 0.753. The first-order valence-corrected chi connectivity index (χ1v) is 8.67. The van der Waals surface area contributed by atoms with E-state index in [1.165, 1.54) is 28.8 Å². The lowest BCUT2D eigenvalue weighted by molar-refractivity contribution is 0.527. The summed E-state index contributed by atoms with van der Waals surface area (Å²) in [4.78, 5) is 0. The molecule has 0 fully saturated rings. The van der Waals surface area contributed by atoms with E-state index in [9.17, 15) is 0 Å². The fraction of sp³-hybridized carbons (Fsp3) is 0.562. The van der Waals surface area contributed by atoms with Crippen LogP contribution in [-0.2, 0) is 13.1 Å². The number of aryl methyl sites for hydroxylation is 1. The predicted molar refractivity (Wildman–Crippen MR) is 89.3 cm³/mol. The van der Waals surface area contributed by atoms with Crippen molar-refractivity contribution in [2.45, 2.75) is 46.3 Å². The summed E-state index contributed by atoms with van der Waals surface area (Å²) < 4.78 is 2.09. The van der Waals surface area contributed by atoms with E-state index in [4.69, 9.17) is 5.10 Å². The molecule has 2 aromatic rings. The van der Waals surface area contributed by atoms with Gasteiger partial charge in [-0.3, -0.25) is 4.68 Å². The van der Waals surface area contributed by atoms with Crippen LogP contribution in [0.1, 0.15) is 32.9 Å². The molecule has 0 amide bonds. The fourth-order valence-electron chi connectivity index (χ4n) is 2.35. The van der Waals surface area contributed by atoms with Gasteiger partial charge in [0.1, 0.15) is 0 Å². The van der Waals surface area contributed by atoms with Crippen molar-refractivity contribution in [2.24, 2.45) is 0 Å². The van der Waals surface area contributed by atoms with Crippen LogP contribution in [0.15, 0.2) is 24.3 Å². The van der Waals surface area contributed by atoms with Crippen molar-refractivity contribution in [1.82, 2.24) is 15.1 Å². The monoisotopic (exact) mass is 291 g/mol. The first kappa shape index (κ1) is 15.4. The molecule has 0 spiro atoms. The molecule has 1 aromatic heterocycles. The molecule has 0 saturated heterocycles. The number of aromatic nitrogens is 2. The summed E-state index contributed by atoms with van der Waals surface area (Å²) in [6.45, 7) is 8.39. The second-order valence-corrected chi connectivity index (χ2v) is 6.44. The normalized spacial score (nSPS) is 12.9. The number of para-hydroxylation sites is 1. The Bertz CT molecular complexity index is 536. The standard InChI is InChI=1S/C16H25N3S/c1-4-19-16-9-7-6-8-14(16)15(18-19)12-17-13(3)10-11-20-5-2/h6-9,13,17H,4-5,10-12H2,1-3H3. The van der Waals surface area contributed by atoms with E-state index >= 15 is 0 Å². The summed E-state index contributed by atoms with van der Waals surface area (Å²) in [6, 6.07) is 9.03. The zero-order chi connectivity index (χ0) is 14.4. The van der Waals surface area contributed by atoms with E-state index in [-0.39, 0.29) is 0 Å². The van der Waals surface area contributed by atoms with Gasteiger partial charge in [-0.05, 0) is 37.8 Å². The molecule has 0 saturated carbocycles. The number of benzene rings is 1. The third-order valence-corrected chi connectivity index (χ3v) is 4.48. The lowest BCUT2D eigenvalue weighted by atomic mass is 10.2. The molecule has 0 aliphatic carbocycles. The van der Waals surface area contributed by atoms with E-state index in [0.717, 1.165) is 18.8 Å². The van der Waals surface area contributed by atoms with Gasteiger partial charge in [0.2, 0.25) is 0 Å². The first-order chi connectivity index (χ1) is 9.76. The zero-order valence-corrected chi connectivity index (χ0v) is 13.5. The van der Waals surface area contributed by atoms with E-state index in [1.54, 1.807) is 0 Å². The van der Waals surface area contributed by atoms with Gasteiger partial charge in [0, 0.05) is 24.5 Å². The number of nitrogens with zero attached hydrogens (tertiary/aromatic N) is 2. The van der Waals surface area contributed by atoms with E-state index in [1.807, 2.05) is 11.8 Å². The van der Waals surface area contributed by atoms with Crippen LogP contribution in [0.3, 0.4) is 0 Å². The smallest absolute Gasteiger partial charge is 0.0841 e. The Morgan fingerprint density at radius 3 is 2.85 bits per heavy atom. The van der Waals surface area contributed by atoms with Gasteiger partial charge in [-0.1, -0.05) is 25.1 Å². The van der Waals surface area contributed by atoms with Gasteiger partial charge < -0.3 is 5.32 Å². The molecule has 1 N–H and O–H groups in total. The van der Waals surface area contributed by atoms with Crippen molar-refractivity contribution in [3.05, 3.63) is 30.0 Å². The van der Waals surface area contributed by atoms with Gasteiger partial charge in [-0.15, -0.1) is 0 Å². The van der Waals surface area contributed by atoms with Crippen LogP contribution in [0, 0.1) is 0 Å². The summed E-state index contributed by atoms with van der Waals surface area (Å²) in [5, 5.41) is 9.60. The van der Waals surface area contributed by atoms with E-state index < -0.39 is 0 Å². The molecule has 4 heteroatoms. The molecule has 0 bridgehead atoms. The Labute approximate surface area is 126 Å². The zero-order valence-electron chi connectivity index (χ0n) is 12.7. The second-order valence-electron chi connectivity index (χ2n) is 5.05. The van der Waals surface area contributed by atoms with Crippen molar-refractivity contribution >= 4 is 22.7 Å². The Hall–Kier alpha value is -1.00. The molecule has 20 heavy (non-hydrogen) atoms. The van der Waals surface area contributed by atoms with Gasteiger partial charge in [0.05, 0.1) is 11.2 Å². The molecule has 110 valence electrons. The molecule has 0 radical (unpaired) electrons. The Kier molecular flexibility index (Phi) is 5.92. The minimum Gasteiger partial charge on any atom is -0.309 e. The van der Waals surface area contributed by atoms with Crippen LogP contribution < -0.4 is 5.32 Å². The maximum Gasteiger partial charge on any atom is 0.0841 e. The summed E-state index contributed by atoms with van der Waals surface area (Å²) in [6.07, 6.45) is 1.21. The number of fused-ring (bicyclic) bond motifs is 1. The number of hydrogen-bond acceptors (Lipinski definition) is 3. The van der Waals surface area contributed by atoms with Gasteiger partial charge in [-0.25, -0.2) is 0 Å². The SMILES string of the molecule is CCSCCC(C)NCc1nn(CC)c2ccccc12. The number of thioether (sulfide) groups is 1. The minimum absolute atomic E-state index is 0.541. The topological polar surface area (TPSA) is 29.9 Å². The molecular weight excluding hydrogens is 266 g/mol. The highest BCUT2D eigenvalue weighted by Crippen LogP contribution is 2.18. The Morgan fingerprint density at radius 1 is 1.30 bits per heavy atom. The molecule has 1 unspecified atom stereocenters. The number of rotatable bonds is 8. The van der Waals surface area contributed by atoms with Crippen LogP contribution in [0.25, 0.3) is 10.9 Å². The van der Waals surface area contributed by atoms with E-state index in [2.05, 4.69) is 55.0 Å². The maximum atomic E-state index is 4.73. The molecule has 3 nitrogen and oxygen atoms in total. The highest BCUT2D eigenvalue weighted by molar-refractivity contribution is 7.99. The third-order valence-electron chi connectivity index (χ3n) is 3.55. The van der Waals surface area contributed by atoms with Crippen molar-refractivity contribution in [1.29, 1.82) is 0 Å². The van der Waals surface area contributed by atoms with Gasteiger partial charge in [-0.2, -0.15) is 16.9 Å². The largest absolute Gasteiger partial charge is 0.309 e. The van der Waals surface area contributed by atoms with Crippen molar-refractivity contribution in [2.75, 3.05) is 11.5 Å². The molecule has 1 aromatic carbocycles. The molecule has 1 heterocycles. The average molecular weight is 291 g/mol. The summed E-state index contributed by atoms with van der Waals surface area (Å²) in [5.74, 6) is 2.44. The van der Waals surface area contributed by atoms with Crippen LogP contribution in [0.2, 0.25) is 0 Å². The van der Waals surface area contributed by atoms with Crippen molar-refractivity contribution in [3.8, 4) is 0 Å². The molecule has 0 aliphatic heterocycles. The van der Waals surface area contributed by atoms with Gasteiger partial charge >= 0.3 is 0 Å². The lowest BCUT2D eigenvalue weighted by Gasteiger charge is -2.12. The second kappa shape index (κ2) is 7.70. The molecular formula is C16H25N3S. The summed E-state index contributed by atoms with van der Waals surface area (Å²) in [7, 11) is 0. The maximum absolute atomic E-state index is 4.73. The highest BCUT2D eigenvalue weighted by Gasteiger charge is 2.10. The Morgan fingerprint density at radius 2 is 2.10 bits per heavy atom. The summed E-state index contributed by atoms with van der Waals surface area (Å²) >= 11 is 2.01. The van der Waals surface area contributed by atoms with E-state index in [0.29, 0.717) is 6.04 Å². The van der Waals surface area contributed by atoms with Crippen LogP contribution in [0.4, 0.5) is 0 Å². The number of hydrogen-bond donors (Lipinski definition) is 1. The van der Waals surface area contributed by atoms with Crippen LogP contribution in [-0.4, -0.2) is 27.3 Å². The fourth-order valence-corrected chi connectivity index (χ4v) is 3.15. The first-order valence-electron chi connectivity index (χ1n) is 7.51. The Balaban J connectivity index is 1.99. The van der Waals surface area contributed by atoms with Crippen LogP contribution in [0.5, 0.6) is 0 Å². The summed E-state index contributed by atoms with van der Waals surface area (Å²) in [5.41, 5.74) is 2.40. The lowest BCUT2D eigenvalue weighted by Crippen LogP contribution is -2.26. The highest BCUT2D eigenvalue weighted by atomic mass is 32.2.